The van der Waals surface area contributed by atoms with E-state index in [2.05, 4.69) is 20.5 Å². The molecular weight excluding hydrogens is 354 g/mol. The standard InChI is InChI=1S/C20H19N7O/c1-25(13-15-12-21-27(14-15)18-6-4-3-5-7-18)20(28)17-10-8-16(9-11-17)19-22-24-26(2)23-19/h3-12,14H,13H2,1-2H3. The van der Waals surface area contributed by atoms with Crippen molar-refractivity contribution in [1.29, 1.82) is 0 Å². The summed E-state index contributed by atoms with van der Waals surface area (Å²) in [6.45, 7) is 0.471. The van der Waals surface area contributed by atoms with E-state index < -0.39 is 0 Å². The monoisotopic (exact) mass is 373 g/mol. The third-order valence-electron chi connectivity index (χ3n) is 4.32. The van der Waals surface area contributed by atoms with Crippen molar-refractivity contribution in [3.63, 3.8) is 0 Å². The molecule has 2 heterocycles. The minimum Gasteiger partial charge on any atom is -0.337 e. The van der Waals surface area contributed by atoms with Gasteiger partial charge in [0.15, 0.2) is 0 Å². The zero-order valence-electron chi connectivity index (χ0n) is 15.6. The second-order valence-electron chi connectivity index (χ2n) is 6.47. The molecule has 0 atom stereocenters. The smallest absolute Gasteiger partial charge is 0.253 e. The van der Waals surface area contributed by atoms with E-state index in [9.17, 15) is 4.79 Å². The van der Waals surface area contributed by atoms with Gasteiger partial charge in [0.25, 0.3) is 5.91 Å². The molecule has 8 nitrogen and oxygen atoms in total. The van der Waals surface area contributed by atoms with Crippen molar-refractivity contribution in [1.82, 2.24) is 34.9 Å². The van der Waals surface area contributed by atoms with Crippen molar-refractivity contribution in [2.75, 3.05) is 7.05 Å². The predicted molar refractivity (Wildman–Crippen MR) is 104 cm³/mol. The molecule has 0 bridgehead atoms. The van der Waals surface area contributed by atoms with E-state index in [1.165, 1.54) is 4.80 Å². The molecule has 0 aliphatic rings. The van der Waals surface area contributed by atoms with E-state index in [1.54, 1.807) is 42.0 Å². The average molecular weight is 373 g/mol. The minimum atomic E-state index is -0.0638. The number of benzene rings is 2. The van der Waals surface area contributed by atoms with Crippen LogP contribution in [0, 0.1) is 0 Å². The van der Waals surface area contributed by atoms with Crippen LogP contribution in [0.2, 0.25) is 0 Å². The Morgan fingerprint density at radius 3 is 2.50 bits per heavy atom. The summed E-state index contributed by atoms with van der Waals surface area (Å²) in [4.78, 5) is 15.8. The van der Waals surface area contributed by atoms with Gasteiger partial charge in [-0.1, -0.05) is 30.3 Å². The van der Waals surface area contributed by atoms with Crippen molar-refractivity contribution in [2.24, 2.45) is 7.05 Å². The molecule has 4 rings (SSSR count). The fourth-order valence-corrected chi connectivity index (χ4v) is 2.89. The highest BCUT2D eigenvalue weighted by atomic mass is 16.2. The zero-order chi connectivity index (χ0) is 19.5. The number of aryl methyl sites for hydroxylation is 1. The number of tetrazole rings is 1. The number of para-hydroxylation sites is 1. The number of rotatable bonds is 5. The van der Waals surface area contributed by atoms with Crippen molar-refractivity contribution in [3.05, 3.63) is 78.1 Å². The number of carbonyl (C=O) groups is 1. The maximum atomic E-state index is 12.7. The predicted octanol–water partition coefficient (Wildman–Crippen LogP) is 2.33. The van der Waals surface area contributed by atoms with Gasteiger partial charge in [-0.15, -0.1) is 10.2 Å². The second-order valence-corrected chi connectivity index (χ2v) is 6.47. The highest BCUT2D eigenvalue weighted by Crippen LogP contribution is 2.16. The number of hydrogen-bond acceptors (Lipinski definition) is 5. The van der Waals surface area contributed by atoms with E-state index in [4.69, 9.17) is 0 Å². The fourth-order valence-electron chi connectivity index (χ4n) is 2.89. The van der Waals surface area contributed by atoms with Crippen molar-refractivity contribution >= 4 is 5.91 Å². The molecule has 2 aromatic heterocycles. The van der Waals surface area contributed by atoms with Crippen LogP contribution in [0.25, 0.3) is 17.1 Å². The lowest BCUT2D eigenvalue weighted by atomic mass is 10.1. The maximum absolute atomic E-state index is 12.7. The average Bonchev–Trinajstić information content (AvgIpc) is 3.37. The van der Waals surface area contributed by atoms with Crippen LogP contribution in [0.1, 0.15) is 15.9 Å². The van der Waals surface area contributed by atoms with Crippen LogP contribution < -0.4 is 0 Å². The van der Waals surface area contributed by atoms with E-state index in [1.807, 2.05) is 48.7 Å². The Bertz CT molecular complexity index is 1080. The first-order chi connectivity index (χ1) is 13.6. The SMILES string of the molecule is CN(Cc1cnn(-c2ccccc2)c1)C(=O)c1ccc(-c2nnn(C)n2)cc1. The minimum absolute atomic E-state index is 0.0638. The molecule has 2 aromatic carbocycles. The van der Waals surface area contributed by atoms with Crippen LogP contribution in [0.15, 0.2) is 67.0 Å². The van der Waals surface area contributed by atoms with Gasteiger partial charge < -0.3 is 4.90 Å². The molecule has 1 amide bonds. The molecule has 140 valence electrons. The summed E-state index contributed by atoms with van der Waals surface area (Å²) in [6, 6.07) is 17.1. The van der Waals surface area contributed by atoms with Crippen molar-refractivity contribution < 1.29 is 4.79 Å². The van der Waals surface area contributed by atoms with Crippen LogP contribution >= 0.6 is 0 Å². The molecule has 0 spiro atoms. The number of aromatic nitrogens is 6. The van der Waals surface area contributed by atoms with E-state index in [-0.39, 0.29) is 5.91 Å². The van der Waals surface area contributed by atoms with Gasteiger partial charge in [0.05, 0.1) is 18.9 Å². The van der Waals surface area contributed by atoms with Crippen molar-refractivity contribution in [2.45, 2.75) is 6.54 Å². The summed E-state index contributed by atoms with van der Waals surface area (Å²) in [7, 11) is 3.49. The molecule has 8 heteroatoms. The van der Waals surface area contributed by atoms with Gasteiger partial charge in [0, 0.05) is 36.5 Å². The maximum Gasteiger partial charge on any atom is 0.253 e. The Morgan fingerprint density at radius 2 is 1.82 bits per heavy atom. The molecule has 28 heavy (non-hydrogen) atoms. The summed E-state index contributed by atoms with van der Waals surface area (Å²) in [5.74, 6) is 0.467. The van der Waals surface area contributed by atoms with E-state index >= 15 is 0 Å². The highest BCUT2D eigenvalue weighted by molar-refractivity contribution is 5.94. The first kappa shape index (κ1) is 17.6. The molecule has 0 unspecified atom stereocenters. The van der Waals surface area contributed by atoms with Crippen LogP contribution in [-0.2, 0) is 13.6 Å². The molecular formula is C20H19N7O. The molecule has 0 saturated carbocycles. The van der Waals surface area contributed by atoms with Crippen LogP contribution in [0.3, 0.4) is 0 Å². The molecule has 0 aliphatic heterocycles. The molecule has 0 N–H and O–H groups in total. The van der Waals surface area contributed by atoms with Gasteiger partial charge in [-0.2, -0.15) is 9.90 Å². The molecule has 0 saturated heterocycles. The second kappa shape index (κ2) is 7.43. The third kappa shape index (κ3) is 3.66. The third-order valence-corrected chi connectivity index (χ3v) is 4.32. The Labute approximate surface area is 162 Å². The van der Waals surface area contributed by atoms with Gasteiger partial charge in [0.2, 0.25) is 5.82 Å². The van der Waals surface area contributed by atoms with E-state index in [0.717, 1.165) is 16.8 Å². The highest BCUT2D eigenvalue weighted by Gasteiger charge is 2.14. The first-order valence-electron chi connectivity index (χ1n) is 8.79. The largest absolute Gasteiger partial charge is 0.337 e. The molecule has 4 aromatic rings. The first-order valence-corrected chi connectivity index (χ1v) is 8.79. The summed E-state index contributed by atoms with van der Waals surface area (Å²) in [5, 5.41) is 16.3. The topological polar surface area (TPSA) is 81.7 Å². The Kier molecular flexibility index (Phi) is 4.67. The molecule has 0 radical (unpaired) electrons. The van der Waals surface area contributed by atoms with Crippen LogP contribution in [0.4, 0.5) is 0 Å². The van der Waals surface area contributed by atoms with Crippen LogP contribution in [-0.4, -0.2) is 47.8 Å². The van der Waals surface area contributed by atoms with E-state index in [0.29, 0.717) is 17.9 Å². The summed E-state index contributed by atoms with van der Waals surface area (Å²) in [5.41, 5.74) is 3.36. The van der Waals surface area contributed by atoms with Gasteiger partial charge >= 0.3 is 0 Å². The number of amides is 1. The molecule has 0 fully saturated rings. The normalized spacial score (nSPS) is 10.8. The molecule has 0 aliphatic carbocycles. The Morgan fingerprint density at radius 1 is 1.07 bits per heavy atom. The van der Waals surface area contributed by atoms with Crippen molar-refractivity contribution in [3.8, 4) is 17.1 Å². The lowest BCUT2D eigenvalue weighted by molar-refractivity contribution is 0.0785. The lowest BCUT2D eigenvalue weighted by Gasteiger charge is -2.16. The lowest BCUT2D eigenvalue weighted by Crippen LogP contribution is -2.25. The number of hydrogen-bond donors (Lipinski definition) is 0. The Hall–Kier alpha value is -3.81. The number of carbonyl (C=O) groups excluding carboxylic acids is 1. The zero-order valence-corrected chi connectivity index (χ0v) is 15.6. The van der Waals surface area contributed by atoms with Gasteiger partial charge in [0.1, 0.15) is 0 Å². The van der Waals surface area contributed by atoms with Gasteiger partial charge in [-0.3, -0.25) is 4.79 Å². The number of nitrogens with zero attached hydrogens (tertiary/aromatic N) is 7. The summed E-state index contributed by atoms with van der Waals surface area (Å²) in [6.07, 6.45) is 3.71. The quantitative estimate of drug-likeness (QED) is 0.536. The van der Waals surface area contributed by atoms with Crippen LogP contribution in [0.5, 0.6) is 0 Å². The van der Waals surface area contributed by atoms with Gasteiger partial charge in [-0.25, -0.2) is 4.68 Å². The van der Waals surface area contributed by atoms with Gasteiger partial charge in [-0.05, 0) is 29.5 Å². The summed E-state index contributed by atoms with van der Waals surface area (Å²) >= 11 is 0. The fraction of sp³-hybridized carbons (Fsp3) is 0.150. The summed E-state index contributed by atoms with van der Waals surface area (Å²) < 4.78 is 1.80. The Balaban J connectivity index is 1.44.